The summed E-state index contributed by atoms with van der Waals surface area (Å²) in [5.41, 5.74) is 1.16. The first-order chi connectivity index (χ1) is 9.29. The summed E-state index contributed by atoms with van der Waals surface area (Å²) in [6, 6.07) is 7.23. The van der Waals surface area contributed by atoms with Gasteiger partial charge in [0, 0.05) is 18.3 Å². The Balaban J connectivity index is 1.83. The van der Waals surface area contributed by atoms with Crippen molar-refractivity contribution in [2.45, 2.75) is 70.9 Å². The first-order valence-corrected chi connectivity index (χ1v) is 7.96. The molecule has 1 aromatic heterocycles. The van der Waals surface area contributed by atoms with Crippen molar-refractivity contribution < 1.29 is 0 Å². The van der Waals surface area contributed by atoms with E-state index in [0.29, 0.717) is 12.1 Å². The van der Waals surface area contributed by atoms with Gasteiger partial charge in [-0.15, -0.1) is 0 Å². The topological polar surface area (TPSA) is 24.9 Å². The molecule has 1 aliphatic carbocycles. The van der Waals surface area contributed by atoms with Crippen LogP contribution in [0.15, 0.2) is 24.4 Å². The minimum Gasteiger partial charge on any atom is -0.306 e. The summed E-state index contributed by atoms with van der Waals surface area (Å²) in [6.07, 6.45) is 11.5. The molecule has 0 aromatic carbocycles. The lowest BCUT2D eigenvalue weighted by Crippen LogP contribution is -2.31. The summed E-state index contributed by atoms with van der Waals surface area (Å²) >= 11 is 0. The third-order valence-corrected chi connectivity index (χ3v) is 4.40. The van der Waals surface area contributed by atoms with Crippen molar-refractivity contribution >= 4 is 0 Å². The van der Waals surface area contributed by atoms with Gasteiger partial charge in [-0.2, -0.15) is 0 Å². The molecule has 0 saturated heterocycles. The normalized spacial score (nSPS) is 25.8. The molecule has 1 aromatic rings. The van der Waals surface area contributed by atoms with Gasteiger partial charge < -0.3 is 5.32 Å². The van der Waals surface area contributed by atoms with Crippen LogP contribution in [0, 0.1) is 5.92 Å². The number of hydrogen-bond donors (Lipinski definition) is 1. The third kappa shape index (κ3) is 4.61. The van der Waals surface area contributed by atoms with Gasteiger partial charge >= 0.3 is 0 Å². The molecule has 0 amide bonds. The van der Waals surface area contributed by atoms with Crippen molar-refractivity contribution in [3.63, 3.8) is 0 Å². The van der Waals surface area contributed by atoms with Gasteiger partial charge in [0.15, 0.2) is 0 Å². The van der Waals surface area contributed by atoms with Crippen molar-refractivity contribution in [1.29, 1.82) is 0 Å². The first-order valence-electron chi connectivity index (χ1n) is 7.96. The van der Waals surface area contributed by atoms with Crippen LogP contribution in [0.3, 0.4) is 0 Å². The van der Waals surface area contributed by atoms with Crippen LogP contribution < -0.4 is 5.32 Å². The lowest BCUT2D eigenvalue weighted by molar-refractivity contribution is 0.390. The highest BCUT2D eigenvalue weighted by Crippen LogP contribution is 2.27. The van der Waals surface area contributed by atoms with Crippen molar-refractivity contribution in [1.82, 2.24) is 10.3 Å². The van der Waals surface area contributed by atoms with E-state index in [-0.39, 0.29) is 0 Å². The molecule has 2 rings (SSSR count). The number of rotatable bonds is 5. The molecular weight excluding hydrogens is 232 g/mol. The molecule has 106 valence electrons. The molecule has 3 atom stereocenters. The molecule has 0 spiro atoms. The highest BCUT2D eigenvalue weighted by Gasteiger charge is 2.20. The zero-order valence-corrected chi connectivity index (χ0v) is 12.4. The number of pyridine rings is 1. The molecule has 0 bridgehead atoms. The lowest BCUT2D eigenvalue weighted by Gasteiger charge is -2.22. The molecule has 0 aliphatic heterocycles. The van der Waals surface area contributed by atoms with Gasteiger partial charge in [-0.1, -0.05) is 38.7 Å². The average Bonchev–Trinajstić information content (AvgIpc) is 2.66. The Hall–Kier alpha value is -0.890. The Morgan fingerprint density at radius 2 is 2.16 bits per heavy atom. The van der Waals surface area contributed by atoms with Gasteiger partial charge in [-0.3, -0.25) is 4.98 Å². The van der Waals surface area contributed by atoms with Crippen molar-refractivity contribution in [3.05, 3.63) is 30.1 Å². The second kappa shape index (κ2) is 7.64. The lowest BCUT2D eigenvalue weighted by atomic mass is 9.95. The van der Waals surface area contributed by atoms with E-state index in [9.17, 15) is 0 Å². The zero-order chi connectivity index (χ0) is 13.5. The van der Waals surface area contributed by atoms with E-state index in [2.05, 4.69) is 36.3 Å². The molecule has 2 nitrogen and oxygen atoms in total. The maximum atomic E-state index is 4.45. The van der Waals surface area contributed by atoms with E-state index in [4.69, 9.17) is 0 Å². The molecular formula is C17H28N2. The summed E-state index contributed by atoms with van der Waals surface area (Å²) in [4.78, 5) is 4.45. The van der Waals surface area contributed by atoms with Crippen LogP contribution in [0.5, 0.6) is 0 Å². The second-order valence-electron chi connectivity index (χ2n) is 6.00. The van der Waals surface area contributed by atoms with Crippen LogP contribution in [-0.2, 0) is 0 Å². The molecule has 1 heterocycles. The molecule has 2 unspecified atom stereocenters. The zero-order valence-electron chi connectivity index (χ0n) is 12.4. The summed E-state index contributed by atoms with van der Waals surface area (Å²) in [6.45, 7) is 4.54. The van der Waals surface area contributed by atoms with Crippen LogP contribution in [0.4, 0.5) is 0 Å². The number of aromatic nitrogens is 1. The van der Waals surface area contributed by atoms with Crippen LogP contribution in [0.1, 0.15) is 70.5 Å². The van der Waals surface area contributed by atoms with Gasteiger partial charge in [0.25, 0.3) is 0 Å². The Morgan fingerprint density at radius 3 is 2.89 bits per heavy atom. The fourth-order valence-corrected chi connectivity index (χ4v) is 3.31. The maximum Gasteiger partial charge on any atom is 0.0570 e. The Labute approximate surface area is 118 Å². The number of nitrogens with one attached hydrogen (secondary N) is 1. The van der Waals surface area contributed by atoms with E-state index in [0.717, 1.165) is 11.6 Å². The highest BCUT2D eigenvalue weighted by atomic mass is 15.0. The molecule has 1 saturated carbocycles. The van der Waals surface area contributed by atoms with Gasteiger partial charge in [0.2, 0.25) is 0 Å². The van der Waals surface area contributed by atoms with Gasteiger partial charge in [0.05, 0.1) is 5.69 Å². The predicted molar refractivity (Wildman–Crippen MR) is 81.1 cm³/mol. The van der Waals surface area contributed by atoms with Crippen molar-refractivity contribution in [2.24, 2.45) is 5.92 Å². The van der Waals surface area contributed by atoms with Crippen LogP contribution >= 0.6 is 0 Å². The van der Waals surface area contributed by atoms with Crippen LogP contribution in [0.25, 0.3) is 0 Å². The minimum atomic E-state index is 0.369. The third-order valence-electron chi connectivity index (χ3n) is 4.40. The molecule has 1 aliphatic rings. The monoisotopic (exact) mass is 260 g/mol. The van der Waals surface area contributed by atoms with Crippen LogP contribution in [0.2, 0.25) is 0 Å². The Bertz CT molecular complexity index is 350. The van der Waals surface area contributed by atoms with Crippen molar-refractivity contribution in [3.8, 4) is 0 Å². The Kier molecular flexibility index (Phi) is 5.84. The average molecular weight is 260 g/mol. The molecule has 1 fully saturated rings. The predicted octanol–water partition coefficient (Wildman–Crippen LogP) is 4.48. The molecule has 0 radical (unpaired) electrons. The first kappa shape index (κ1) is 14.5. The smallest absolute Gasteiger partial charge is 0.0570 e. The summed E-state index contributed by atoms with van der Waals surface area (Å²) in [5.74, 6) is 0.974. The van der Waals surface area contributed by atoms with Gasteiger partial charge in [-0.25, -0.2) is 0 Å². The quantitative estimate of drug-likeness (QED) is 0.789. The van der Waals surface area contributed by atoms with Crippen molar-refractivity contribution in [2.75, 3.05) is 0 Å². The van der Waals surface area contributed by atoms with E-state index < -0.39 is 0 Å². The summed E-state index contributed by atoms with van der Waals surface area (Å²) in [5, 5.41) is 3.78. The number of nitrogens with zero attached hydrogens (tertiary/aromatic N) is 1. The van der Waals surface area contributed by atoms with Gasteiger partial charge in [0.1, 0.15) is 0 Å². The molecule has 2 heteroatoms. The Morgan fingerprint density at radius 1 is 1.26 bits per heavy atom. The van der Waals surface area contributed by atoms with Gasteiger partial charge in [-0.05, 0) is 44.2 Å². The van der Waals surface area contributed by atoms with E-state index in [1.165, 1.54) is 44.9 Å². The number of hydrogen-bond acceptors (Lipinski definition) is 2. The molecule has 1 N–H and O–H groups in total. The summed E-state index contributed by atoms with van der Waals surface area (Å²) < 4.78 is 0. The fourth-order valence-electron chi connectivity index (χ4n) is 3.31. The highest BCUT2D eigenvalue weighted by molar-refractivity contribution is 5.07. The minimum absolute atomic E-state index is 0.369. The fraction of sp³-hybridized carbons (Fsp3) is 0.706. The van der Waals surface area contributed by atoms with E-state index >= 15 is 0 Å². The second-order valence-corrected chi connectivity index (χ2v) is 6.00. The van der Waals surface area contributed by atoms with Crippen LogP contribution in [-0.4, -0.2) is 11.0 Å². The summed E-state index contributed by atoms with van der Waals surface area (Å²) in [7, 11) is 0. The van der Waals surface area contributed by atoms with E-state index in [1.54, 1.807) is 0 Å². The molecule has 19 heavy (non-hydrogen) atoms. The van der Waals surface area contributed by atoms with E-state index in [1.807, 2.05) is 12.3 Å². The SMILES string of the molecule is CCCC1CCCC(N[C@@H](C)c2ccccn2)CC1. The maximum absolute atomic E-state index is 4.45. The standard InChI is InChI=1S/C17H28N2/c1-3-7-15-8-6-9-16(12-11-15)19-14(2)17-10-4-5-13-18-17/h4-5,10,13-16,19H,3,6-9,11-12H2,1-2H3/t14-,15?,16?/m0/s1. The largest absolute Gasteiger partial charge is 0.306 e.